The Bertz CT molecular complexity index is 801. The first-order chi connectivity index (χ1) is 14.5. The van der Waals surface area contributed by atoms with Crippen LogP contribution in [0, 0.1) is 5.92 Å². The summed E-state index contributed by atoms with van der Waals surface area (Å²) in [5, 5.41) is 10.3. The Morgan fingerprint density at radius 1 is 1.42 bits per heavy atom. The largest absolute Gasteiger partial charge is 0.357 e. The second-order valence-electron chi connectivity index (χ2n) is 8.74. The highest BCUT2D eigenvalue weighted by Crippen LogP contribution is 2.21. The van der Waals surface area contributed by atoms with Gasteiger partial charge in [0.25, 0.3) is 0 Å². The fourth-order valence-corrected chi connectivity index (χ4v) is 4.99. The first-order valence-electron chi connectivity index (χ1n) is 11.2. The van der Waals surface area contributed by atoms with Crippen LogP contribution in [0.3, 0.4) is 0 Å². The van der Waals surface area contributed by atoms with Gasteiger partial charge in [-0.3, -0.25) is 14.6 Å². The third-order valence-corrected chi connectivity index (χ3v) is 6.51. The second kappa shape index (κ2) is 12.8. The molecule has 8 heteroatoms. The standard InChI is InChI=1S/C23H38N6S.HI/c1-6-24-23(27(4)15-20-16-28(5)26-22(20)18(2)3)25-13-19-9-7-11-29(14-19)17-21-10-8-12-30-21;/h8,10,12,16,18-19H,6-7,9,11,13-15,17H2,1-5H3,(H,24,25);1H. The van der Waals surface area contributed by atoms with Crippen molar-refractivity contribution in [3.05, 3.63) is 39.8 Å². The van der Waals surface area contributed by atoms with Crippen molar-refractivity contribution in [2.24, 2.45) is 18.0 Å². The molecule has 3 heterocycles. The first kappa shape index (κ1) is 26.1. The average molecular weight is 559 g/mol. The smallest absolute Gasteiger partial charge is 0.193 e. The molecular formula is C23H39IN6S. The number of aliphatic imine (C=N–C) groups is 1. The zero-order valence-corrected chi connectivity index (χ0v) is 22.8. The van der Waals surface area contributed by atoms with E-state index in [-0.39, 0.29) is 24.0 Å². The minimum absolute atomic E-state index is 0. The Morgan fingerprint density at radius 3 is 2.90 bits per heavy atom. The molecule has 0 amide bonds. The SMILES string of the molecule is CCNC(=NCC1CCCN(Cc2cccs2)C1)N(C)Cc1cn(C)nc1C(C)C.I. The summed E-state index contributed by atoms with van der Waals surface area (Å²) in [6.07, 6.45) is 4.68. The predicted octanol–water partition coefficient (Wildman–Crippen LogP) is 4.53. The summed E-state index contributed by atoms with van der Waals surface area (Å²) in [7, 11) is 4.13. The van der Waals surface area contributed by atoms with Gasteiger partial charge in [0.15, 0.2) is 5.96 Å². The molecule has 3 rings (SSSR count). The van der Waals surface area contributed by atoms with Gasteiger partial charge in [0.2, 0.25) is 0 Å². The maximum atomic E-state index is 5.03. The summed E-state index contributed by atoms with van der Waals surface area (Å²) in [6, 6.07) is 4.39. The van der Waals surface area contributed by atoms with Gasteiger partial charge in [-0.25, -0.2) is 0 Å². The van der Waals surface area contributed by atoms with Crippen molar-refractivity contribution < 1.29 is 0 Å². The maximum Gasteiger partial charge on any atom is 0.193 e. The number of hydrogen-bond donors (Lipinski definition) is 1. The summed E-state index contributed by atoms with van der Waals surface area (Å²) in [4.78, 5) is 11.3. The summed E-state index contributed by atoms with van der Waals surface area (Å²) in [5.41, 5.74) is 2.46. The van der Waals surface area contributed by atoms with Crippen LogP contribution in [0.4, 0.5) is 0 Å². The van der Waals surface area contributed by atoms with E-state index in [0.717, 1.165) is 38.7 Å². The van der Waals surface area contributed by atoms with E-state index in [1.807, 2.05) is 23.1 Å². The fraction of sp³-hybridized carbons (Fsp3) is 0.652. The summed E-state index contributed by atoms with van der Waals surface area (Å²) in [5.74, 6) is 2.04. The molecule has 1 N–H and O–H groups in total. The summed E-state index contributed by atoms with van der Waals surface area (Å²) < 4.78 is 1.92. The first-order valence-corrected chi connectivity index (χ1v) is 12.1. The summed E-state index contributed by atoms with van der Waals surface area (Å²) in [6.45, 7) is 12.6. The van der Waals surface area contributed by atoms with Gasteiger partial charge in [-0.1, -0.05) is 19.9 Å². The lowest BCUT2D eigenvalue weighted by atomic mass is 9.98. The van der Waals surface area contributed by atoms with E-state index in [0.29, 0.717) is 11.8 Å². The number of hydrogen-bond acceptors (Lipinski definition) is 4. The molecule has 0 aromatic carbocycles. The summed E-state index contributed by atoms with van der Waals surface area (Å²) >= 11 is 1.86. The van der Waals surface area contributed by atoms with Crippen molar-refractivity contribution in [2.45, 2.75) is 52.6 Å². The molecule has 1 aliphatic heterocycles. The molecule has 0 radical (unpaired) electrons. The molecule has 2 aromatic heterocycles. The molecule has 1 fully saturated rings. The van der Waals surface area contributed by atoms with E-state index in [4.69, 9.17) is 4.99 Å². The van der Waals surface area contributed by atoms with Gasteiger partial charge >= 0.3 is 0 Å². The van der Waals surface area contributed by atoms with E-state index >= 15 is 0 Å². The quantitative estimate of drug-likeness (QED) is 0.294. The Labute approximate surface area is 209 Å². The number of nitrogens with zero attached hydrogens (tertiary/aromatic N) is 5. The third-order valence-electron chi connectivity index (χ3n) is 5.65. The molecule has 174 valence electrons. The molecule has 0 bridgehead atoms. The number of thiophene rings is 1. The van der Waals surface area contributed by atoms with Crippen LogP contribution in [-0.2, 0) is 20.1 Å². The molecule has 31 heavy (non-hydrogen) atoms. The second-order valence-corrected chi connectivity index (χ2v) is 9.77. The van der Waals surface area contributed by atoms with Gasteiger partial charge in [-0.05, 0) is 49.6 Å². The van der Waals surface area contributed by atoms with Crippen molar-refractivity contribution >= 4 is 41.3 Å². The fourth-order valence-electron chi connectivity index (χ4n) is 4.25. The molecule has 0 saturated carbocycles. The van der Waals surface area contributed by atoms with Gasteiger partial charge in [-0.2, -0.15) is 5.10 Å². The average Bonchev–Trinajstić information content (AvgIpc) is 3.34. The topological polar surface area (TPSA) is 48.7 Å². The molecule has 6 nitrogen and oxygen atoms in total. The number of piperidine rings is 1. The van der Waals surface area contributed by atoms with Gasteiger partial charge in [0.1, 0.15) is 0 Å². The lowest BCUT2D eigenvalue weighted by molar-refractivity contribution is 0.172. The number of rotatable bonds is 8. The number of nitrogens with one attached hydrogen (secondary N) is 1. The van der Waals surface area contributed by atoms with Gasteiger partial charge < -0.3 is 10.2 Å². The van der Waals surface area contributed by atoms with Crippen LogP contribution < -0.4 is 5.32 Å². The number of aryl methyl sites for hydroxylation is 1. The van der Waals surface area contributed by atoms with Crippen molar-refractivity contribution in [1.29, 1.82) is 0 Å². The van der Waals surface area contributed by atoms with Crippen molar-refractivity contribution in [3.63, 3.8) is 0 Å². The van der Waals surface area contributed by atoms with Crippen LogP contribution >= 0.6 is 35.3 Å². The van der Waals surface area contributed by atoms with Crippen molar-refractivity contribution in [2.75, 3.05) is 33.2 Å². The molecule has 1 unspecified atom stereocenters. The molecular weight excluding hydrogens is 519 g/mol. The number of aromatic nitrogens is 2. The van der Waals surface area contributed by atoms with Crippen LogP contribution in [0.15, 0.2) is 28.7 Å². The zero-order valence-electron chi connectivity index (χ0n) is 19.7. The molecule has 2 aromatic rings. The monoisotopic (exact) mass is 558 g/mol. The van der Waals surface area contributed by atoms with Crippen molar-refractivity contribution in [1.82, 2.24) is 24.9 Å². The van der Waals surface area contributed by atoms with Crippen molar-refractivity contribution in [3.8, 4) is 0 Å². The van der Waals surface area contributed by atoms with E-state index < -0.39 is 0 Å². The minimum Gasteiger partial charge on any atom is -0.357 e. The normalized spacial score (nSPS) is 17.6. The zero-order chi connectivity index (χ0) is 21.5. The Morgan fingerprint density at radius 2 is 2.23 bits per heavy atom. The lowest BCUT2D eigenvalue weighted by Gasteiger charge is -2.32. The van der Waals surface area contributed by atoms with Gasteiger partial charge in [0.05, 0.1) is 5.69 Å². The maximum absolute atomic E-state index is 5.03. The van der Waals surface area contributed by atoms with Gasteiger partial charge in [-0.15, -0.1) is 35.3 Å². The van der Waals surface area contributed by atoms with E-state index in [1.165, 1.54) is 35.5 Å². The molecule has 0 aliphatic carbocycles. The van der Waals surface area contributed by atoms with Gasteiger partial charge in [0, 0.05) is 63.5 Å². The predicted molar refractivity (Wildman–Crippen MR) is 142 cm³/mol. The highest BCUT2D eigenvalue weighted by molar-refractivity contribution is 14.0. The highest BCUT2D eigenvalue weighted by atomic mass is 127. The third kappa shape index (κ3) is 7.75. The number of likely N-dealkylation sites (tertiary alicyclic amines) is 1. The van der Waals surface area contributed by atoms with Crippen LogP contribution in [0.25, 0.3) is 0 Å². The van der Waals surface area contributed by atoms with Crippen LogP contribution in [0.2, 0.25) is 0 Å². The Kier molecular flexibility index (Phi) is 10.8. The van der Waals surface area contributed by atoms with Crippen LogP contribution in [0.5, 0.6) is 0 Å². The molecule has 1 saturated heterocycles. The van der Waals surface area contributed by atoms with E-state index in [1.54, 1.807) is 0 Å². The Balaban J connectivity index is 0.00000341. The molecule has 1 atom stereocenters. The number of halogens is 1. The highest BCUT2D eigenvalue weighted by Gasteiger charge is 2.21. The minimum atomic E-state index is 0. The Hall–Kier alpha value is -1.13. The number of guanidine groups is 1. The van der Waals surface area contributed by atoms with Crippen LogP contribution in [0.1, 0.15) is 55.7 Å². The van der Waals surface area contributed by atoms with Crippen LogP contribution in [-0.4, -0.2) is 58.8 Å². The molecule has 1 aliphatic rings. The lowest BCUT2D eigenvalue weighted by Crippen LogP contribution is -2.40. The van der Waals surface area contributed by atoms with E-state index in [2.05, 4.69) is 71.7 Å². The molecule has 0 spiro atoms. The van der Waals surface area contributed by atoms with E-state index in [9.17, 15) is 0 Å².